The molecule has 0 aromatic heterocycles. The van der Waals surface area contributed by atoms with E-state index >= 15 is 0 Å². The Morgan fingerprint density at radius 1 is 1.14 bits per heavy atom. The normalized spacial score (nSPS) is 35.4. The van der Waals surface area contributed by atoms with Crippen LogP contribution in [0, 0.1) is 23.7 Å². The van der Waals surface area contributed by atoms with Crippen LogP contribution in [-0.4, -0.2) is 49.0 Å². The molecule has 3 nitrogen and oxygen atoms in total. The van der Waals surface area contributed by atoms with Crippen molar-refractivity contribution < 1.29 is 9.84 Å². The van der Waals surface area contributed by atoms with Crippen LogP contribution >= 0.6 is 0 Å². The van der Waals surface area contributed by atoms with Crippen molar-refractivity contribution in [2.45, 2.75) is 58.0 Å². The Kier molecular flexibility index (Phi) is 5.58. The molecule has 0 aromatic carbocycles. The number of ether oxygens (including phenoxy) is 1. The zero-order valence-electron chi connectivity index (χ0n) is 13.7. The molecule has 0 amide bonds. The lowest BCUT2D eigenvalue weighted by atomic mass is 9.87. The van der Waals surface area contributed by atoms with E-state index in [9.17, 15) is 5.11 Å². The number of rotatable bonds is 7. The number of hydrogen-bond donors (Lipinski definition) is 1. The predicted octanol–water partition coefficient (Wildman–Crippen LogP) is 2.92. The summed E-state index contributed by atoms with van der Waals surface area (Å²) in [5.41, 5.74) is 0. The molecule has 3 heteroatoms. The maximum atomic E-state index is 10.1. The number of nitrogens with zero attached hydrogens (tertiary/aromatic N) is 1. The van der Waals surface area contributed by atoms with Crippen LogP contribution < -0.4 is 0 Å². The van der Waals surface area contributed by atoms with Crippen molar-refractivity contribution in [3.63, 3.8) is 0 Å². The smallest absolute Gasteiger partial charge is 0.0900 e. The molecule has 3 fully saturated rings. The van der Waals surface area contributed by atoms with E-state index in [4.69, 9.17) is 4.74 Å². The second kappa shape index (κ2) is 7.43. The standard InChI is InChI=1S/C18H33NO2/c1-14-4-7-19(8-5-14)12-18(20)13-21-9-6-17-11-15-2-3-16(17)10-15/h14-18,20H,2-13H2,1H3/t15-,16-,17+,18-/m0/s1. The Morgan fingerprint density at radius 2 is 1.95 bits per heavy atom. The van der Waals surface area contributed by atoms with Gasteiger partial charge in [0.25, 0.3) is 0 Å². The maximum absolute atomic E-state index is 10.1. The molecule has 0 aromatic rings. The summed E-state index contributed by atoms with van der Waals surface area (Å²) in [6, 6.07) is 0. The minimum Gasteiger partial charge on any atom is -0.389 e. The van der Waals surface area contributed by atoms with Gasteiger partial charge >= 0.3 is 0 Å². The van der Waals surface area contributed by atoms with Gasteiger partial charge in [0, 0.05) is 13.2 Å². The van der Waals surface area contributed by atoms with Crippen LogP contribution in [0.2, 0.25) is 0 Å². The summed E-state index contributed by atoms with van der Waals surface area (Å²) >= 11 is 0. The third-order valence-electron chi connectivity index (χ3n) is 6.17. The first-order valence-corrected chi connectivity index (χ1v) is 9.19. The Hall–Kier alpha value is -0.120. The van der Waals surface area contributed by atoms with Crippen LogP contribution in [-0.2, 0) is 4.74 Å². The minimum absolute atomic E-state index is 0.307. The van der Waals surface area contributed by atoms with Crippen molar-refractivity contribution in [1.29, 1.82) is 0 Å². The summed E-state index contributed by atoms with van der Waals surface area (Å²) in [6.07, 6.45) is 9.34. The van der Waals surface area contributed by atoms with Gasteiger partial charge in [-0.2, -0.15) is 0 Å². The number of piperidine rings is 1. The highest BCUT2D eigenvalue weighted by molar-refractivity contribution is 4.89. The molecule has 4 atom stereocenters. The van der Waals surface area contributed by atoms with E-state index in [2.05, 4.69) is 11.8 Å². The molecule has 1 saturated heterocycles. The first kappa shape index (κ1) is 15.8. The molecule has 1 heterocycles. The van der Waals surface area contributed by atoms with E-state index < -0.39 is 0 Å². The Bertz CT molecular complexity index is 314. The number of fused-ring (bicyclic) bond motifs is 2. The van der Waals surface area contributed by atoms with Gasteiger partial charge < -0.3 is 14.7 Å². The molecule has 1 aliphatic heterocycles. The number of aliphatic hydroxyl groups is 1. The molecule has 3 aliphatic rings. The molecule has 0 radical (unpaired) electrons. The van der Waals surface area contributed by atoms with E-state index in [0.717, 1.165) is 49.9 Å². The topological polar surface area (TPSA) is 32.7 Å². The van der Waals surface area contributed by atoms with E-state index in [1.807, 2.05) is 0 Å². The third-order valence-corrected chi connectivity index (χ3v) is 6.17. The van der Waals surface area contributed by atoms with Crippen LogP contribution in [0.15, 0.2) is 0 Å². The van der Waals surface area contributed by atoms with Gasteiger partial charge in [0.1, 0.15) is 0 Å². The highest BCUT2D eigenvalue weighted by atomic mass is 16.5. The summed E-state index contributed by atoms with van der Waals surface area (Å²) in [7, 11) is 0. The first-order valence-electron chi connectivity index (χ1n) is 9.19. The summed E-state index contributed by atoms with van der Waals surface area (Å²) in [5, 5.41) is 10.1. The molecular weight excluding hydrogens is 262 g/mol. The number of likely N-dealkylation sites (tertiary alicyclic amines) is 1. The largest absolute Gasteiger partial charge is 0.389 e. The van der Waals surface area contributed by atoms with Crippen LogP contribution in [0.4, 0.5) is 0 Å². The number of aliphatic hydroxyl groups excluding tert-OH is 1. The zero-order chi connectivity index (χ0) is 14.7. The van der Waals surface area contributed by atoms with Gasteiger partial charge in [0.2, 0.25) is 0 Å². The van der Waals surface area contributed by atoms with E-state index in [1.165, 1.54) is 44.9 Å². The molecular formula is C18H33NO2. The molecule has 2 bridgehead atoms. The van der Waals surface area contributed by atoms with Gasteiger partial charge in [-0.15, -0.1) is 0 Å². The van der Waals surface area contributed by atoms with Gasteiger partial charge in [-0.05, 0) is 75.3 Å². The van der Waals surface area contributed by atoms with Gasteiger partial charge in [0.15, 0.2) is 0 Å². The second-order valence-corrected chi connectivity index (χ2v) is 7.94. The maximum Gasteiger partial charge on any atom is 0.0900 e. The minimum atomic E-state index is -0.307. The first-order chi connectivity index (χ1) is 10.2. The fraction of sp³-hybridized carbons (Fsp3) is 1.00. The molecule has 1 N–H and O–H groups in total. The lowest BCUT2D eigenvalue weighted by Gasteiger charge is -2.31. The van der Waals surface area contributed by atoms with Crippen molar-refractivity contribution in [3.8, 4) is 0 Å². The molecule has 0 unspecified atom stereocenters. The van der Waals surface area contributed by atoms with Crippen molar-refractivity contribution in [3.05, 3.63) is 0 Å². The zero-order valence-corrected chi connectivity index (χ0v) is 13.7. The third kappa shape index (κ3) is 4.43. The highest BCUT2D eigenvalue weighted by Crippen LogP contribution is 2.49. The van der Waals surface area contributed by atoms with Crippen LogP contribution in [0.1, 0.15) is 51.9 Å². The van der Waals surface area contributed by atoms with Crippen molar-refractivity contribution in [2.75, 3.05) is 32.8 Å². The highest BCUT2D eigenvalue weighted by Gasteiger charge is 2.38. The number of β-amino-alcohol motifs (C(OH)–C–C–N with tert-alkyl or cyclic N) is 1. The molecule has 122 valence electrons. The van der Waals surface area contributed by atoms with Crippen LogP contribution in [0.25, 0.3) is 0 Å². The molecule has 2 aliphatic carbocycles. The van der Waals surface area contributed by atoms with Gasteiger partial charge in [0.05, 0.1) is 12.7 Å². The Balaban J connectivity index is 1.24. The van der Waals surface area contributed by atoms with Crippen molar-refractivity contribution >= 4 is 0 Å². The van der Waals surface area contributed by atoms with Gasteiger partial charge in [-0.1, -0.05) is 13.3 Å². The fourth-order valence-corrected chi connectivity index (χ4v) is 4.78. The van der Waals surface area contributed by atoms with Crippen LogP contribution in [0.3, 0.4) is 0 Å². The average molecular weight is 295 g/mol. The van der Waals surface area contributed by atoms with E-state index in [0.29, 0.717) is 6.61 Å². The van der Waals surface area contributed by atoms with Gasteiger partial charge in [-0.3, -0.25) is 0 Å². The predicted molar refractivity (Wildman–Crippen MR) is 85.2 cm³/mol. The Labute approximate surface area is 130 Å². The van der Waals surface area contributed by atoms with E-state index in [-0.39, 0.29) is 6.10 Å². The lowest BCUT2D eigenvalue weighted by molar-refractivity contribution is 0.00593. The van der Waals surface area contributed by atoms with Crippen molar-refractivity contribution in [1.82, 2.24) is 4.90 Å². The number of hydrogen-bond acceptors (Lipinski definition) is 3. The van der Waals surface area contributed by atoms with Crippen LogP contribution in [0.5, 0.6) is 0 Å². The fourth-order valence-electron chi connectivity index (χ4n) is 4.78. The SMILES string of the molecule is CC1CCN(C[C@H](O)COCC[C@@H]2C[C@H]3CC[C@H]2C3)CC1. The second-order valence-electron chi connectivity index (χ2n) is 7.94. The molecule has 21 heavy (non-hydrogen) atoms. The molecule has 0 spiro atoms. The Morgan fingerprint density at radius 3 is 2.62 bits per heavy atom. The molecule has 2 saturated carbocycles. The average Bonchev–Trinajstić information content (AvgIpc) is 3.09. The summed E-state index contributed by atoms with van der Waals surface area (Å²) < 4.78 is 5.75. The van der Waals surface area contributed by atoms with Crippen molar-refractivity contribution in [2.24, 2.45) is 23.7 Å². The van der Waals surface area contributed by atoms with E-state index in [1.54, 1.807) is 0 Å². The quantitative estimate of drug-likeness (QED) is 0.733. The van der Waals surface area contributed by atoms with Gasteiger partial charge in [-0.25, -0.2) is 0 Å². The monoisotopic (exact) mass is 295 g/mol. The summed E-state index contributed by atoms with van der Waals surface area (Å²) in [5.74, 6) is 3.81. The lowest BCUT2D eigenvalue weighted by Crippen LogP contribution is -2.39. The summed E-state index contributed by atoms with van der Waals surface area (Å²) in [6.45, 7) is 6.77. The summed E-state index contributed by atoms with van der Waals surface area (Å²) in [4.78, 5) is 2.39. The molecule has 3 rings (SSSR count).